The number of phenols is 1. The van der Waals surface area contributed by atoms with Crippen molar-refractivity contribution in [3.8, 4) is 5.75 Å². The van der Waals surface area contributed by atoms with Gasteiger partial charge in [0.2, 0.25) is 0 Å². The van der Waals surface area contributed by atoms with Crippen molar-refractivity contribution in [1.29, 1.82) is 0 Å². The summed E-state index contributed by atoms with van der Waals surface area (Å²) >= 11 is 0. The van der Waals surface area contributed by atoms with Gasteiger partial charge >= 0.3 is 5.97 Å². The molecule has 0 radical (unpaired) electrons. The van der Waals surface area contributed by atoms with Crippen LogP contribution < -0.4 is 0 Å². The highest BCUT2D eigenvalue weighted by atomic mass is 16.5. The van der Waals surface area contributed by atoms with E-state index in [1.165, 1.54) is 6.07 Å². The number of hydrogen-bond donors (Lipinski definition) is 1. The monoisotopic (exact) mass is 294 g/mol. The topological polar surface area (TPSA) is 46.5 Å². The van der Waals surface area contributed by atoms with E-state index < -0.39 is 5.97 Å². The Morgan fingerprint density at radius 3 is 2.64 bits per heavy atom. The predicted molar refractivity (Wildman–Crippen MR) is 88.3 cm³/mol. The maximum absolute atomic E-state index is 12.2. The van der Waals surface area contributed by atoms with Gasteiger partial charge in [-0.05, 0) is 41.6 Å². The van der Waals surface area contributed by atoms with Crippen molar-refractivity contribution < 1.29 is 14.6 Å². The summed E-state index contributed by atoms with van der Waals surface area (Å²) in [4.78, 5) is 12.2. The first-order valence-electron chi connectivity index (χ1n) is 7.45. The number of rotatable bonds is 3. The lowest BCUT2D eigenvalue weighted by Gasteiger charge is -2.12. The van der Waals surface area contributed by atoms with Crippen LogP contribution in [0.15, 0.2) is 48.5 Å². The van der Waals surface area contributed by atoms with Crippen molar-refractivity contribution in [2.45, 2.75) is 26.4 Å². The van der Waals surface area contributed by atoms with Gasteiger partial charge in [-0.1, -0.05) is 43.3 Å². The number of phenolic OH excluding ortho intramolecular Hbond substituents is 1. The minimum atomic E-state index is -0.403. The number of carbonyl (C=O) groups excluding carboxylic acids is 1. The van der Waals surface area contributed by atoms with Crippen molar-refractivity contribution in [2.75, 3.05) is 0 Å². The molecule has 0 heterocycles. The molecule has 112 valence electrons. The van der Waals surface area contributed by atoms with Crippen molar-refractivity contribution in [1.82, 2.24) is 0 Å². The molecule has 3 heteroatoms. The maximum atomic E-state index is 12.2. The minimum absolute atomic E-state index is 0.0966. The number of carbonyl (C=O) groups is 1. The quantitative estimate of drug-likeness (QED) is 0.565. The minimum Gasteiger partial charge on any atom is -0.507 e. The Balaban J connectivity index is 2.17. The second kappa shape index (κ2) is 5.68. The van der Waals surface area contributed by atoms with Gasteiger partial charge in [-0.3, -0.25) is 0 Å². The van der Waals surface area contributed by atoms with E-state index in [-0.39, 0.29) is 11.9 Å². The first kappa shape index (κ1) is 14.4. The second-order valence-corrected chi connectivity index (χ2v) is 5.50. The molecule has 1 atom stereocenters. The summed E-state index contributed by atoms with van der Waals surface area (Å²) in [6.45, 7) is 3.82. The number of hydrogen-bond acceptors (Lipinski definition) is 3. The van der Waals surface area contributed by atoms with Crippen LogP contribution in [0.1, 0.15) is 30.6 Å². The zero-order valence-corrected chi connectivity index (χ0v) is 12.7. The zero-order valence-electron chi connectivity index (χ0n) is 12.7. The molecule has 0 aromatic heterocycles. The number of benzene rings is 3. The first-order valence-corrected chi connectivity index (χ1v) is 7.45. The molecule has 0 spiro atoms. The summed E-state index contributed by atoms with van der Waals surface area (Å²) in [7, 11) is 0. The number of fused-ring (bicyclic) bond motifs is 3. The SMILES string of the molecule is CCC(C)OC(=O)c1cc(O)c2ccc3ccccc3c2c1. The summed E-state index contributed by atoms with van der Waals surface area (Å²) in [6.07, 6.45) is 0.617. The van der Waals surface area contributed by atoms with Crippen LogP contribution in [0, 0.1) is 0 Å². The molecule has 3 aromatic rings. The Morgan fingerprint density at radius 1 is 1.09 bits per heavy atom. The summed E-state index contributed by atoms with van der Waals surface area (Å²) in [6, 6.07) is 15.0. The standard InChI is InChI=1S/C19H18O3/c1-3-12(2)22-19(21)14-10-17-15-7-5-4-6-13(15)8-9-16(17)18(20)11-14/h4-12,20H,3H2,1-2H3. The normalized spacial score (nSPS) is 12.5. The van der Waals surface area contributed by atoms with Crippen molar-refractivity contribution >= 4 is 27.5 Å². The van der Waals surface area contributed by atoms with Crippen LogP contribution in [0.3, 0.4) is 0 Å². The summed E-state index contributed by atoms with van der Waals surface area (Å²) in [5.74, 6) is -0.307. The van der Waals surface area contributed by atoms with Gasteiger partial charge in [-0.25, -0.2) is 4.79 Å². The van der Waals surface area contributed by atoms with Crippen LogP contribution in [0.25, 0.3) is 21.5 Å². The molecule has 1 unspecified atom stereocenters. The van der Waals surface area contributed by atoms with Crippen LogP contribution >= 0.6 is 0 Å². The lowest BCUT2D eigenvalue weighted by atomic mass is 9.99. The predicted octanol–water partition coefficient (Wildman–Crippen LogP) is 4.65. The highest BCUT2D eigenvalue weighted by Gasteiger charge is 2.14. The van der Waals surface area contributed by atoms with Crippen molar-refractivity contribution in [3.05, 3.63) is 54.1 Å². The third-order valence-corrected chi connectivity index (χ3v) is 3.96. The summed E-state index contributed by atoms with van der Waals surface area (Å²) in [5.41, 5.74) is 0.377. The van der Waals surface area contributed by atoms with Gasteiger partial charge in [0.05, 0.1) is 11.7 Å². The molecular weight excluding hydrogens is 276 g/mol. The fourth-order valence-electron chi connectivity index (χ4n) is 2.55. The van der Waals surface area contributed by atoms with Crippen molar-refractivity contribution in [3.63, 3.8) is 0 Å². The van der Waals surface area contributed by atoms with Crippen LogP contribution in [0.2, 0.25) is 0 Å². The lowest BCUT2D eigenvalue weighted by molar-refractivity contribution is 0.0334. The van der Waals surface area contributed by atoms with E-state index in [0.29, 0.717) is 5.56 Å². The van der Waals surface area contributed by atoms with Crippen LogP contribution in [0.5, 0.6) is 5.75 Å². The van der Waals surface area contributed by atoms with Crippen molar-refractivity contribution in [2.24, 2.45) is 0 Å². The number of ether oxygens (including phenoxy) is 1. The third kappa shape index (κ3) is 2.50. The molecule has 0 aliphatic rings. The molecule has 0 bridgehead atoms. The molecule has 3 aromatic carbocycles. The van der Waals surface area contributed by atoms with Crippen LogP contribution in [0.4, 0.5) is 0 Å². The number of esters is 1. The summed E-state index contributed by atoms with van der Waals surface area (Å²) in [5, 5.41) is 13.9. The Bertz CT molecular complexity index is 852. The first-order chi connectivity index (χ1) is 10.6. The Morgan fingerprint density at radius 2 is 1.86 bits per heavy atom. The van der Waals surface area contributed by atoms with E-state index in [1.54, 1.807) is 6.07 Å². The van der Waals surface area contributed by atoms with Gasteiger partial charge in [0.1, 0.15) is 5.75 Å². The number of aromatic hydroxyl groups is 1. The fourth-order valence-corrected chi connectivity index (χ4v) is 2.55. The molecule has 0 aliphatic carbocycles. The summed E-state index contributed by atoms with van der Waals surface area (Å²) < 4.78 is 5.35. The highest BCUT2D eigenvalue weighted by Crippen LogP contribution is 2.32. The van der Waals surface area contributed by atoms with Gasteiger partial charge in [0, 0.05) is 5.39 Å². The molecule has 3 nitrogen and oxygen atoms in total. The lowest BCUT2D eigenvalue weighted by Crippen LogP contribution is -2.13. The molecule has 22 heavy (non-hydrogen) atoms. The van der Waals surface area contributed by atoms with E-state index in [0.717, 1.165) is 28.0 Å². The molecule has 0 amide bonds. The Kier molecular flexibility index (Phi) is 3.72. The van der Waals surface area contributed by atoms with Gasteiger partial charge in [-0.2, -0.15) is 0 Å². The zero-order chi connectivity index (χ0) is 15.7. The third-order valence-electron chi connectivity index (χ3n) is 3.96. The molecule has 3 rings (SSSR count). The molecule has 0 aliphatic heterocycles. The fraction of sp³-hybridized carbons (Fsp3) is 0.211. The second-order valence-electron chi connectivity index (χ2n) is 5.50. The van der Waals surface area contributed by atoms with Gasteiger partial charge < -0.3 is 9.84 Å². The average Bonchev–Trinajstić information content (AvgIpc) is 2.54. The molecule has 0 saturated heterocycles. The molecule has 0 fully saturated rings. The maximum Gasteiger partial charge on any atom is 0.338 e. The average molecular weight is 294 g/mol. The smallest absolute Gasteiger partial charge is 0.338 e. The van der Waals surface area contributed by atoms with E-state index in [4.69, 9.17) is 4.74 Å². The van der Waals surface area contributed by atoms with E-state index in [2.05, 4.69) is 0 Å². The largest absolute Gasteiger partial charge is 0.507 e. The molecule has 1 N–H and O–H groups in total. The van der Waals surface area contributed by atoms with Crippen LogP contribution in [-0.2, 0) is 4.74 Å². The molecular formula is C19H18O3. The Labute approximate surface area is 129 Å². The Hall–Kier alpha value is -2.55. The van der Waals surface area contributed by atoms with E-state index in [1.807, 2.05) is 50.2 Å². The van der Waals surface area contributed by atoms with Gasteiger partial charge in [0.25, 0.3) is 0 Å². The van der Waals surface area contributed by atoms with E-state index >= 15 is 0 Å². The molecule has 0 saturated carbocycles. The van der Waals surface area contributed by atoms with Crippen LogP contribution in [-0.4, -0.2) is 17.2 Å². The van der Waals surface area contributed by atoms with Gasteiger partial charge in [-0.15, -0.1) is 0 Å². The highest BCUT2D eigenvalue weighted by molar-refractivity contribution is 6.11. The van der Waals surface area contributed by atoms with E-state index in [9.17, 15) is 9.90 Å². The van der Waals surface area contributed by atoms with Gasteiger partial charge in [0.15, 0.2) is 0 Å².